The van der Waals surface area contributed by atoms with E-state index in [0.717, 1.165) is 29.4 Å². The second-order valence-electron chi connectivity index (χ2n) is 6.21. The molecule has 0 amide bonds. The largest absolute Gasteiger partial charge is 0.294 e. The Morgan fingerprint density at radius 3 is 2.95 bits per heavy atom. The van der Waals surface area contributed by atoms with Crippen molar-refractivity contribution in [3.05, 3.63) is 17.5 Å². The van der Waals surface area contributed by atoms with Crippen LogP contribution in [0.1, 0.15) is 49.7 Å². The molecule has 3 rings (SSSR count). The Morgan fingerprint density at radius 1 is 1.38 bits per heavy atom. The normalized spacial score (nSPS) is 18.5. The van der Waals surface area contributed by atoms with E-state index in [1.807, 2.05) is 0 Å². The molecule has 0 fully saturated rings. The number of ketones is 1. The Labute approximate surface area is 128 Å². The van der Waals surface area contributed by atoms with Crippen LogP contribution in [0.4, 0.5) is 0 Å². The molecule has 2 heterocycles. The highest BCUT2D eigenvalue weighted by Crippen LogP contribution is 2.25. The molecule has 2 aromatic rings. The molecule has 0 spiro atoms. The minimum absolute atomic E-state index is 0.169. The highest BCUT2D eigenvalue weighted by atomic mass is 32.2. The summed E-state index contributed by atoms with van der Waals surface area (Å²) in [5, 5.41) is 5.17. The first-order chi connectivity index (χ1) is 10.0. The maximum atomic E-state index is 12.1. The Hall–Kier alpha value is -1.43. The van der Waals surface area contributed by atoms with Gasteiger partial charge in [-0.3, -0.25) is 4.79 Å². The summed E-state index contributed by atoms with van der Waals surface area (Å²) < 4.78 is 1.64. The number of hydrogen-bond donors (Lipinski definition) is 0. The average Bonchev–Trinajstić information content (AvgIpc) is 2.77. The average molecular weight is 304 g/mol. The fourth-order valence-corrected chi connectivity index (χ4v) is 3.56. The number of thioether (sulfide) groups is 1. The van der Waals surface area contributed by atoms with E-state index < -0.39 is 0 Å². The second-order valence-corrected chi connectivity index (χ2v) is 7.27. The Morgan fingerprint density at radius 2 is 2.19 bits per heavy atom. The number of nitrogens with zero attached hydrogens (tertiary/aromatic N) is 4. The number of hydrogen-bond acceptors (Lipinski definition) is 5. The third-order valence-corrected chi connectivity index (χ3v) is 4.56. The van der Waals surface area contributed by atoms with Crippen molar-refractivity contribution in [3.8, 4) is 0 Å². The van der Waals surface area contributed by atoms with Crippen LogP contribution < -0.4 is 0 Å². The zero-order valence-corrected chi connectivity index (χ0v) is 13.5. The number of carbonyl (C=O) groups is 1. The minimum Gasteiger partial charge on any atom is -0.294 e. The van der Waals surface area contributed by atoms with E-state index in [0.29, 0.717) is 29.6 Å². The lowest BCUT2D eigenvalue weighted by Gasteiger charge is -2.18. The van der Waals surface area contributed by atoms with Gasteiger partial charge in [0.1, 0.15) is 0 Å². The van der Waals surface area contributed by atoms with Crippen LogP contribution >= 0.6 is 11.8 Å². The van der Waals surface area contributed by atoms with E-state index in [-0.39, 0.29) is 5.78 Å². The van der Waals surface area contributed by atoms with E-state index in [9.17, 15) is 4.79 Å². The molecule has 0 radical (unpaired) electrons. The fraction of sp³-hybridized carbons (Fsp3) is 0.600. The lowest BCUT2D eigenvalue weighted by Crippen LogP contribution is -2.20. The molecular formula is C15H20N4OS. The molecule has 0 aliphatic heterocycles. The van der Waals surface area contributed by atoms with Crippen molar-refractivity contribution in [2.45, 2.75) is 45.2 Å². The van der Waals surface area contributed by atoms with Gasteiger partial charge in [0.25, 0.3) is 5.78 Å². The summed E-state index contributed by atoms with van der Waals surface area (Å²) in [6.45, 7) is 6.50. The van der Waals surface area contributed by atoms with Crippen molar-refractivity contribution in [3.63, 3.8) is 0 Å². The number of Topliss-reactive ketones (excluding diaryl/α,β-unsaturated/α-hetero) is 1. The van der Waals surface area contributed by atoms with Gasteiger partial charge in [-0.1, -0.05) is 32.5 Å². The van der Waals surface area contributed by atoms with Crippen LogP contribution in [0.25, 0.3) is 5.78 Å². The molecule has 1 atom stereocenters. The number of fused-ring (bicyclic) bond motifs is 2. The third-order valence-electron chi connectivity index (χ3n) is 3.69. The monoisotopic (exact) mass is 304 g/mol. The molecule has 21 heavy (non-hydrogen) atoms. The molecule has 1 aliphatic rings. The van der Waals surface area contributed by atoms with Gasteiger partial charge in [-0.2, -0.15) is 4.98 Å². The van der Waals surface area contributed by atoms with Crippen molar-refractivity contribution >= 4 is 23.3 Å². The molecule has 2 aromatic heterocycles. The summed E-state index contributed by atoms with van der Waals surface area (Å²) in [6, 6.07) is 0. The number of carbonyl (C=O) groups excluding carboxylic acids is 1. The summed E-state index contributed by atoms with van der Waals surface area (Å²) in [6.07, 6.45) is 4.39. The molecule has 6 heteroatoms. The molecule has 0 aromatic carbocycles. The molecule has 0 saturated heterocycles. The molecule has 5 nitrogen and oxygen atoms in total. The molecule has 0 N–H and O–H groups in total. The Kier molecular flexibility index (Phi) is 3.97. The lowest BCUT2D eigenvalue weighted by molar-refractivity contribution is 0.0951. The van der Waals surface area contributed by atoms with E-state index in [4.69, 9.17) is 0 Å². The van der Waals surface area contributed by atoms with Gasteiger partial charge >= 0.3 is 0 Å². The minimum atomic E-state index is 0.169. The first kappa shape index (κ1) is 14.5. The van der Waals surface area contributed by atoms with Crippen LogP contribution in [0.5, 0.6) is 0 Å². The summed E-state index contributed by atoms with van der Waals surface area (Å²) in [5.41, 5.74) is 1.58. The highest BCUT2D eigenvalue weighted by Gasteiger charge is 2.25. The predicted molar refractivity (Wildman–Crippen MR) is 82.8 cm³/mol. The van der Waals surface area contributed by atoms with Crippen LogP contribution in [0.2, 0.25) is 0 Å². The van der Waals surface area contributed by atoms with E-state index in [2.05, 4.69) is 35.8 Å². The predicted octanol–water partition coefficient (Wildman–Crippen LogP) is 3.03. The fourth-order valence-electron chi connectivity index (χ4n) is 2.50. The molecule has 0 saturated carbocycles. The van der Waals surface area contributed by atoms with Crippen LogP contribution in [0.15, 0.2) is 11.4 Å². The van der Waals surface area contributed by atoms with Gasteiger partial charge in [-0.25, -0.2) is 9.50 Å². The topological polar surface area (TPSA) is 60.1 Å². The zero-order valence-electron chi connectivity index (χ0n) is 12.7. The van der Waals surface area contributed by atoms with Gasteiger partial charge < -0.3 is 0 Å². The Balaban J connectivity index is 1.86. The number of aromatic nitrogens is 4. The van der Waals surface area contributed by atoms with Crippen molar-refractivity contribution in [2.24, 2.45) is 11.8 Å². The first-order valence-electron chi connectivity index (χ1n) is 7.45. The van der Waals surface area contributed by atoms with Crippen molar-refractivity contribution in [1.82, 2.24) is 19.6 Å². The number of rotatable bonds is 4. The van der Waals surface area contributed by atoms with Gasteiger partial charge in [-0.15, -0.1) is 5.10 Å². The second kappa shape index (κ2) is 5.75. The van der Waals surface area contributed by atoms with Gasteiger partial charge in [0.15, 0.2) is 5.78 Å². The van der Waals surface area contributed by atoms with E-state index in [1.54, 1.807) is 22.5 Å². The third kappa shape index (κ3) is 3.10. The molecule has 0 unspecified atom stereocenters. The molecule has 0 bridgehead atoms. The van der Waals surface area contributed by atoms with Gasteiger partial charge in [0, 0.05) is 18.4 Å². The lowest BCUT2D eigenvalue weighted by atomic mass is 9.88. The van der Waals surface area contributed by atoms with Crippen LogP contribution in [-0.4, -0.2) is 31.1 Å². The van der Waals surface area contributed by atoms with Gasteiger partial charge in [0.2, 0.25) is 5.16 Å². The maximum absolute atomic E-state index is 12.1. The van der Waals surface area contributed by atoms with Crippen LogP contribution in [-0.2, 0) is 6.42 Å². The van der Waals surface area contributed by atoms with Crippen LogP contribution in [0.3, 0.4) is 0 Å². The Bertz CT molecular complexity index is 680. The SMILES string of the molecule is CC(C)CCSc1nc2nc3c(cn2n1)C(=O)C[C@@H](C)C3. The smallest absolute Gasteiger partial charge is 0.253 e. The maximum Gasteiger partial charge on any atom is 0.253 e. The molecule has 1 aliphatic carbocycles. The quantitative estimate of drug-likeness (QED) is 0.813. The zero-order chi connectivity index (χ0) is 15.0. The summed E-state index contributed by atoms with van der Waals surface area (Å²) >= 11 is 1.65. The van der Waals surface area contributed by atoms with Gasteiger partial charge in [0.05, 0.1) is 11.3 Å². The molecular weight excluding hydrogens is 284 g/mol. The molecule has 112 valence electrons. The summed E-state index contributed by atoms with van der Waals surface area (Å²) in [7, 11) is 0. The van der Waals surface area contributed by atoms with Crippen molar-refractivity contribution in [1.29, 1.82) is 0 Å². The standard InChI is InChI=1S/C15H20N4OS/c1-9(2)4-5-21-15-17-14-16-12-6-10(3)7-13(20)11(12)8-19(14)18-15/h8-10H,4-7H2,1-3H3/t10-/m0/s1. The van der Waals surface area contributed by atoms with Crippen molar-refractivity contribution < 1.29 is 4.79 Å². The van der Waals surface area contributed by atoms with Crippen LogP contribution in [0, 0.1) is 11.8 Å². The van der Waals surface area contributed by atoms with E-state index >= 15 is 0 Å². The van der Waals surface area contributed by atoms with Crippen molar-refractivity contribution in [2.75, 3.05) is 5.75 Å². The van der Waals surface area contributed by atoms with Gasteiger partial charge in [-0.05, 0) is 24.7 Å². The first-order valence-corrected chi connectivity index (χ1v) is 8.43. The summed E-state index contributed by atoms with van der Waals surface area (Å²) in [4.78, 5) is 21.1. The summed E-state index contributed by atoms with van der Waals surface area (Å²) in [5.74, 6) is 2.82. The highest BCUT2D eigenvalue weighted by molar-refractivity contribution is 7.99. The van der Waals surface area contributed by atoms with E-state index in [1.165, 1.54) is 0 Å².